The van der Waals surface area contributed by atoms with E-state index >= 15 is 0 Å². The first-order chi connectivity index (χ1) is 16.1. The molecule has 0 unspecified atom stereocenters. The van der Waals surface area contributed by atoms with Crippen LogP contribution in [0.1, 0.15) is 24.2 Å². The fourth-order valence-electron chi connectivity index (χ4n) is 3.61. The Morgan fingerprint density at radius 2 is 1.79 bits per heavy atom. The van der Waals surface area contributed by atoms with Crippen LogP contribution in [0.5, 0.6) is 11.5 Å². The normalized spacial score (nSPS) is 12.8. The molecule has 9 nitrogen and oxygen atoms in total. The summed E-state index contributed by atoms with van der Waals surface area (Å²) in [5.74, 6) is 0.378. The van der Waals surface area contributed by atoms with E-state index in [1.54, 1.807) is 24.4 Å². The van der Waals surface area contributed by atoms with E-state index in [2.05, 4.69) is 10.3 Å². The summed E-state index contributed by atoms with van der Waals surface area (Å²) >= 11 is 0. The number of carbonyl (C=O) groups excluding carboxylic acids is 1. The Balaban J connectivity index is 1.71. The summed E-state index contributed by atoms with van der Waals surface area (Å²) in [5.41, 5.74) is 1.37. The number of aliphatic hydroxyl groups excluding tert-OH is 1. The van der Waals surface area contributed by atoms with E-state index in [9.17, 15) is 18.3 Å². The third-order valence-corrected chi connectivity index (χ3v) is 7.12. The second kappa shape index (κ2) is 10.9. The van der Waals surface area contributed by atoms with Gasteiger partial charge in [0.1, 0.15) is 0 Å². The third kappa shape index (κ3) is 5.88. The lowest BCUT2D eigenvalue weighted by Gasteiger charge is -2.26. The van der Waals surface area contributed by atoms with Crippen LogP contribution in [0.15, 0.2) is 53.6 Å². The van der Waals surface area contributed by atoms with E-state index in [-0.39, 0.29) is 36.4 Å². The molecular formula is C24H31N3O6S. The third-order valence-electron chi connectivity index (χ3n) is 5.29. The second-order valence-corrected chi connectivity index (χ2v) is 10.3. The van der Waals surface area contributed by atoms with Gasteiger partial charge in [-0.15, -0.1) is 0 Å². The molecule has 1 atom stereocenters. The van der Waals surface area contributed by atoms with Crippen LogP contribution in [0.4, 0.5) is 0 Å². The molecule has 10 heteroatoms. The van der Waals surface area contributed by atoms with E-state index in [1.165, 1.54) is 36.7 Å². The Morgan fingerprint density at radius 3 is 2.47 bits per heavy atom. The van der Waals surface area contributed by atoms with Crippen LogP contribution >= 0.6 is 0 Å². The molecular weight excluding hydrogens is 458 g/mol. The van der Waals surface area contributed by atoms with Crippen molar-refractivity contribution in [1.82, 2.24) is 14.6 Å². The lowest BCUT2D eigenvalue weighted by molar-refractivity contribution is 0.0899. The van der Waals surface area contributed by atoms with Crippen LogP contribution in [-0.2, 0) is 10.0 Å². The van der Waals surface area contributed by atoms with Crippen molar-refractivity contribution in [2.75, 3.05) is 33.9 Å². The lowest BCUT2D eigenvalue weighted by atomic mass is 10.1. The minimum absolute atomic E-state index is 0.0183. The number of methoxy groups -OCH3 is 2. The molecule has 3 aromatic rings. The molecule has 1 heterocycles. The van der Waals surface area contributed by atoms with Crippen molar-refractivity contribution in [3.63, 3.8) is 0 Å². The first-order valence-electron chi connectivity index (χ1n) is 10.9. The first kappa shape index (κ1) is 25.5. The van der Waals surface area contributed by atoms with Crippen molar-refractivity contribution in [1.29, 1.82) is 0 Å². The highest BCUT2D eigenvalue weighted by Gasteiger charge is 2.28. The number of nitrogens with one attached hydrogen (secondary N) is 2. The quantitative estimate of drug-likeness (QED) is 0.381. The summed E-state index contributed by atoms with van der Waals surface area (Å²) in [6.45, 7) is 3.71. The van der Waals surface area contributed by atoms with Gasteiger partial charge in [-0.2, -0.15) is 4.31 Å². The zero-order chi connectivity index (χ0) is 24.9. The fraction of sp³-hybridized carbons (Fsp3) is 0.375. The van der Waals surface area contributed by atoms with Crippen LogP contribution < -0.4 is 14.8 Å². The number of amides is 1. The lowest BCUT2D eigenvalue weighted by Crippen LogP contribution is -2.44. The molecule has 3 rings (SSSR count). The molecule has 0 spiro atoms. The topological polar surface area (TPSA) is 121 Å². The van der Waals surface area contributed by atoms with Gasteiger partial charge >= 0.3 is 0 Å². The predicted molar refractivity (Wildman–Crippen MR) is 130 cm³/mol. The van der Waals surface area contributed by atoms with Gasteiger partial charge in [0.25, 0.3) is 5.91 Å². The minimum Gasteiger partial charge on any atom is -0.493 e. The minimum atomic E-state index is -3.94. The Morgan fingerprint density at radius 1 is 1.06 bits per heavy atom. The van der Waals surface area contributed by atoms with E-state index in [4.69, 9.17) is 9.47 Å². The highest BCUT2D eigenvalue weighted by molar-refractivity contribution is 7.89. The number of carbonyl (C=O) groups is 1. The number of hydrogen-bond donors (Lipinski definition) is 3. The summed E-state index contributed by atoms with van der Waals surface area (Å²) < 4.78 is 38.4. The Labute approximate surface area is 199 Å². The van der Waals surface area contributed by atoms with Crippen molar-refractivity contribution in [3.8, 4) is 11.5 Å². The smallest absolute Gasteiger partial charge is 0.251 e. The number of H-pyrrole nitrogens is 1. The molecule has 1 aromatic heterocycles. The van der Waals surface area contributed by atoms with Gasteiger partial charge in [-0.3, -0.25) is 4.79 Å². The Hall–Kier alpha value is -3.08. The number of aromatic amines is 1. The number of benzene rings is 2. The van der Waals surface area contributed by atoms with Gasteiger partial charge in [-0.05, 0) is 42.3 Å². The number of hydrogen-bond acceptors (Lipinski definition) is 6. The maximum absolute atomic E-state index is 13.4. The number of fused-ring (bicyclic) bond motifs is 1. The molecule has 0 saturated heterocycles. The summed E-state index contributed by atoms with van der Waals surface area (Å²) in [6.07, 6.45) is 0.687. The average Bonchev–Trinajstić information content (AvgIpc) is 3.29. The number of nitrogens with zero attached hydrogens (tertiary/aromatic N) is 1. The van der Waals surface area contributed by atoms with E-state index < -0.39 is 16.1 Å². The van der Waals surface area contributed by atoms with Crippen molar-refractivity contribution >= 4 is 26.8 Å². The number of ether oxygens (including phenoxy) is 2. The zero-order valence-corrected chi connectivity index (χ0v) is 20.6. The fourth-order valence-corrected chi connectivity index (χ4v) is 5.27. The standard InChI is InChI=1S/C24H31N3O6S/c1-16(2)14-27(34(30,31)20-6-8-22(32-3)23(12-20)33-4)15-19(28)13-26-24(29)18-5-7-21-17(11-18)9-10-25-21/h5-12,16,19,25,28H,13-15H2,1-4H3,(H,26,29)/t19-/m0/s1. The van der Waals surface area contributed by atoms with Gasteiger partial charge < -0.3 is 24.9 Å². The van der Waals surface area contributed by atoms with Gasteiger partial charge in [-0.25, -0.2) is 8.42 Å². The molecule has 1 amide bonds. The molecule has 0 aliphatic heterocycles. The molecule has 34 heavy (non-hydrogen) atoms. The number of aromatic nitrogens is 1. The Bertz CT molecular complexity index is 1240. The summed E-state index contributed by atoms with van der Waals surface area (Å²) in [5, 5.41) is 14.2. The van der Waals surface area contributed by atoms with Gasteiger partial charge in [0.05, 0.1) is 25.2 Å². The van der Waals surface area contributed by atoms with Crippen molar-refractivity contribution in [2.24, 2.45) is 5.92 Å². The maximum Gasteiger partial charge on any atom is 0.251 e. The molecule has 3 N–H and O–H groups in total. The van der Waals surface area contributed by atoms with E-state index in [0.29, 0.717) is 17.1 Å². The van der Waals surface area contributed by atoms with Crippen LogP contribution in [0.2, 0.25) is 0 Å². The average molecular weight is 490 g/mol. The molecule has 0 aliphatic rings. The number of aliphatic hydroxyl groups is 1. The maximum atomic E-state index is 13.4. The summed E-state index contributed by atoms with van der Waals surface area (Å²) in [6, 6.07) is 11.5. The van der Waals surface area contributed by atoms with Gasteiger partial charge in [0, 0.05) is 48.4 Å². The summed E-state index contributed by atoms with van der Waals surface area (Å²) in [7, 11) is -1.03. The molecule has 0 radical (unpaired) electrons. The summed E-state index contributed by atoms with van der Waals surface area (Å²) in [4.78, 5) is 15.6. The van der Waals surface area contributed by atoms with Crippen LogP contribution in [-0.4, -0.2) is 68.7 Å². The van der Waals surface area contributed by atoms with Crippen molar-refractivity contribution < 1.29 is 27.8 Å². The SMILES string of the molecule is COc1ccc(S(=O)(=O)N(CC(C)C)C[C@@H](O)CNC(=O)c2ccc3[nH]ccc3c2)cc1OC. The van der Waals surface area contributed by atoms with E-state index in [1.807, 2.05) is 19.9 Å². The Kier molecular flexibility index (Phi) is 8.19. The van der Waals surface area contributed by atoms with Gasteiger partial charge in [0.2, 0.25) is 10.0 Å². The highest BCUT2D eigenvalue weighted by Crippen LogP contribution is 2.31. The predicted octanol–water partition coefficient (Wildman–Crippen LogP) is 2.62. The highest BCUT2D eigenvalue weighted by atomic mass is 32.2. The molecule has 2 aromatic carbocycles. The molecule has 184 valence electrons. The number of sulfonamides is 1. The largest absolute Gasteiger partial charge is 0.493 e. The van der Waals surface area contributed by atoms with Crippen molar-refractivity contribution in [2.45, 2.75) is 24.8 Å². The zero-order valence-electron chi connectivity index (χ0n) is 19.7. The van der Waals surface area contributed by atoms with Gasteiger partial charge in [0.15, 0.2) is 11.5 Å². The van der Waals surface area contributed by atoms with Crippen LogP contribution in [0.3, 0.4) is 0 Å². The van der Waals surface area contributed by atoms with Crippen LogP contribution in [0, 0.1) is 5.92 Å². The molecule has 0 fully saturated rings. The molecule has 0 aliphatic carbocycles. The number of rotatable bonds is 11. The monoisotopic (exact) mass is 489 g/mol. The van der Waals surface area contributed by atoms with Crippen molar-refractivity contribution in [3.05, 3.63) is 54.2 Å². The molecule has 0 saturated carbocycles. The van der Waals surface area contributed by atoms with Crippen LogP contribution in [0.25, 0.3) is 10.9 Å². The second-order valence-electron chi connectivity index (χ2n) is 8.38. The van der Waals surface area contributed by atoms with Gasteiger partial charge in [-0.1, -0.05) is 13.8 Å². The first-order valence-corrected chi connectivity index (χ1v) is 12.3. The molecule has 0 bridgehead atoms. The van der Waals surface area contributed by atoms with E-state index in [0.717, 1.165) is 10.9 Å².